The molecule has 0 saturated heterocycles. The number of hydrogen-bond donors (Lipinski definition) is 1. The molecule has 1 aromatic heterocycles. The Morgan fingerprint density at radius 2 is 1.69 bits per heavy atom. The fourth-order valence-electron chi connectivity index (χ4n) is 2.54. The molecular weight excluding hydrogens is 370 g/mol. The second-order valence-corrected chi connectivity index (χ2v) is 9.01. The molecule has 0 saturated carbocycles. The lowest BCUT2D eigenvalue weighted by molar-refractivity contribution is 0.102. The van der Waals surface area contributed by atoms with Crippen molar-refractivity contribution in [1.29, 1.82) is 0 Å². The van der Waals surface area contributed by atoms with E-state index in [1.807, 2.05) is 5.38 Å². The maximum Gasteiger partial charge on any atom is 0.175 e. The fraction of sp³-hybridized carbons (Fsp3) is 0.211. The van der Waals surface area contributed by atoms with Crippen LogP contribution in [0.15, 0.2) is 58.8 Å². The minimum absolute atomic E-state index is 0.266. The van der Waals surface area contributed by atoms with Crippen LogP contribution in [0, 0.1) is 0 Å². The van der Waals surface area contributed by atoms with E-state index in [0.717, 1.165) is 11.3 Å². The fourth-order valence-corrected chi connectivity index (χ4v) is 4.08. The van der Waals surface area contributed by atoms with Crippen LogP contribution in [-0.4, -0.2) is 31.9 Å². The van der Waals surface area contributed by atoms with Crippen molar-refractivity contribution in [1.82, 2.24) is 4.98 Å². The number of aromatic nitrogens is 1. The lowest BCUT2D eigenvalue weighted by Gasteiger charge is -2.21. The quantitative estimate of drug-likeness (QED) is 0.723. The molecule has 0 aliphatic rings. The second kappa shape index (κ2) is 6.83. The first-order chi connectivity index (χ1) is 12.2. The topological polar surface area (TPSA) is 76.5 Å². The summed E-state index contributed by atoms with van der Waals surface area (Å²) in [7, 11) is -1.64. The van der Waals surface area contributed by atoms with Gasteiger partial charge in [0.2, 0.25) is 0 Å². The number of nitrogens with zero attached hydrogens (tertiary/aromatic N) is 1. The molecule has 136 valence electrons. The van der Waals surface area contributed by atoms with Crippen molar-refractivity contribution in [2.45, 2.75) is 17.4 Å². The minimum Gasteiger partial charge on any atom is -0.497 e. The molecule has 5 nitrogen and oxygen atoms in total. The van der Waals surface area contributed by atoms with Gasteiger partial charge in [-0.05, 0) is 36.8 Å². The number of rotatable bonds is 5. The van der Waals surface area contributed by atoms with E-state index < -0.39 is 15.4 Å². The summed E-state index contributed by atoms with van der Waals surface area (Å²) >= 11 is 1.36. The number of benzene rings is 2. The smallest absolute Gasteiger partial charge is 0.175 e. The van der Waals surface area contributed by atoms with Crippen molar-refractivity contribution in [3.05, 3.63) is 64.5 Å². The minimum atomic E-state index is -3.23. The number of methoxy groups -OCH3 is 1. The Kier molecular flexibility index (Phi) is 4.88. The van der Waals surface area contributed by atoms with Crippen LogP contribution >= 0.6 is 11.3 Å². The lowest BCUT2D eigenvalue weighted by atomic mass is 9.96. The highest BCUT2D eigenvalue weighted by atomic mass is 32.2. The molecule has 0 spiro atoms. The number of aliphatic hydroxyl groups is 1. The second-order valence-electron chi connectivity index (χ2n) is 6.14. The zero-order valence-electron chi connectivity index (χ0n) is 14.6. The van der Waals surface area contributed by atoms with Gasteiger partial charge in [0, 0.05) is 17.2 Å². The highest BCUT2D eigenvalue weighted by molar-refractivity contribution is 7.90. The highest BCUT2D eigenvalue weighted by Crippen LogP contribution is 2.34. The van der Waals surface area contributed by atoms with Gasteiger partial charge in [-0.15, -0.1) is 11.3 Å². The Morgan fingerprint density at radius 3 is 2.23 bits per heavy atom. The molecule has 3 rings (SSSR count). The van der Waals surface area contributed by atoms with Crippen LogP contribution in [0.25, 0.3) is 11.3 Å². The zero-order chi connectivity index (χ0) is 18.9. The van der Waals surface area contributed by atoms with Crippen LogP contribution in [0.4, 0.5) is 0 Å². The average Bonchev–Trinajstić information content (AvgIpc) is 3.12. The van der Waals surface area contributed by atoms with Crippen molar-refractivity contribution < 1.29 is 18.3 Å². The van der Waals surface area contributed by atoms with E-state index >= 15 is 0 Å². The third kappa shape index (κ3) is 3.65. The number of hydrogen-bond acceptors (Lipinski definition) is 6. The first kappa shape index (κ1) is 18.6. The maximum atomic E-state index is 11.6. The van der Waals surface area contributed by atoms with Gasteiger partial charge in [-0.2, -0.15) is 0 Å². The van der Waals surface area contributed by atoms with Crippen LogP contribution in [0.2, 0.25) is 0 Å². The van der Waals surface area contributed by atoms with E-state index in [4.69, 9.17) is 4.74 Å². The molecule has 0 radical (unpaired) electrons. The van der Waals surface area contributed by atoms with Crippen molar-refractivity contribution in [2.75, 3.05) is 13.4 Å². The molecule has 0 fully saturated rings. The summed E-state index contributed by atoms with van der Waals surface area (Å²) in [6.07, 6.45) is 1.18. The van der Waals surface area contributed by atoms with Gasteiger partial charge in [-0.25, -0.2) is 13.4 Å². The molecule has 2 aromatic carbocycles. The molecule has 3 aromatic rings. The van der Waals surface area contributed by atoms with Gasteiger partial charge in [0.15, 0.2) is 9.84 Å². The summed E-state index contributed by atoms with van der Waals surface area (Å²) in [6, 6.07) is 13.8. The number of thiazole rings is 1. The first-order valence-corrected chi connectivity index (χ1v) is 10.6. The van der Waals surface area contributed by atoms with Crippen LogP contribution in [0.5, 0.6) is 5.75 Å². The molecule has 0 amide bonds. The molecule has 0 aliphatic carbocycles. The van der Waals surface area contributed by atoms with E-state index in [2.05, 4.69) is 4.98 Å². The van der Waals surface area contributed by atoms with E-state index in [-0.39, 0.29) is 4.90 Å². The summed E-state index contributed by atoms with van der Waals surface area (Å²) in [4.78, 5) is 4.82. The third-order valence-corrected chi connectivity index (χ3v) is 6.33. The van der Waals surface area contributed by atoms with Gasteiger partial charge in [0.25, 0.3) is 0 Å². The monoisotopic (exact) mass is 389 g/mol. The SMILES string of the molecule is COc1ccc(C(C)(O)c2nc(-c3ccc(S(C)(=O)=O)cc3)cs2)cc1. The van der Waals surface area contributed by atoms with Crippen LogP contribution < -0.4 is 4.74 Å². The van der Waals surface area contributed by atoms with Gasteiger partial charge in [-0.1, -0.05) is 24.3 Å². The third-order valence-electron chi connectivity index (χ3n) is 4.15. The first-order valence-electron chi connectivity index (χ1n) is 7.85. The Labute approximate surface area is 156 Å². The molecule has 7 heteroatoms. The van der Waals surface area contributed by atoms with E-state index in [1.54, 1.807) is 62.6 Å². The molecular formula is C19H19NO4S2. The van der Waals surface area contributed by atoms with Gasteiger partial charge in [0.1, 0.15) is 16.4 Å². The van der Waals surface area contributed by atoms with Gasteiger partial charge in [-0.3, -0.25) is 0 Å². The summed E-state index contributed by atoms with van der Waals surface area (Å²) in [5.41, 5.74) is 0.970. The lowest BCUT2D eigenvalue weighted by Crippen LogP contribution is -2.22. The standard InChI is InChI=1S/C19H19NO4S2/c1-19(21,14-6-8-15(24-2)9-7-14)18-20-17(12-25-18)13-4-10-16(11-5-13)26(3,22)23/h4-12,21H,1-3H3. The van der Waals surface area contributed by atoms with Crippen molar-refractivity contribution >= 4 is 21.2 Å². The summed E-state index contributed by atoms with van der Waals surface area (Å²) < 4.78 is 28.3. The molecule has 0 bridgehead atoms. The summed E-state index contributed by atoms with van der Waals surface area (Å²) in [5, 5.41) is 13.4. The van der Waals surface area contributed by atoms with Crippen LogP contribution in [0.3, 0.4) is 0 Å². The molecule has 26 heavy (non-hydrogen) atoms. The Bertz CT molecular complexity index is 1000. The highest BCUT2D eigenvalue weighted by Gasteiger charge is 2.29. The van der Waals surface area contributed by atoms with Crippen LogP contribution in [-0.2, 0) is 15.4 Å². The zero-order valence-corrected chi connectivity index (χ0v) is 16.3. The predicted molar refractivity (Wildman–Crippen MR) is 102 cm³/mol. The Balaban J connectivity index is 1.90. The number of ether oxygens (including phenoxy) is 1. The molecule has 0 aliphatic heterocycles. The van der Waals surface area contributed by atoms with Crippen LogP contribution in [0.1, 0.15) is 17.5 Å². The largest absolute Gasteiger partial charge is 0.497 e. The van der Waals surface area contributed by atoms with Crippen molar-refractivity contribution in [2.24, 2.45) is 0 Å². The van der Waals surface area contributed by atoms with Gasteiger partial charge >= 0.3 is 0 Å². The molecule has 1 unspecified atom stereocenters. The molecule has 1 heterocycles. The van der Waals surface area contributed by atoms with E-state index in [9.17, 15) is 13.5 Å². The predicted octanol–water partition coefficient (Wildman–Crippen LogP) is 3.48. The summed E-state index contributed by atoms with van der Waals surface area (Å²) in [6.45, 7) is 1.70. The maximum absolute atomic E-state index is 11.6. The summed E-state index contributed by atoms with van der Waals surface area (Å²) in [5.74, 6) is 0.718. The Hall–Kier alpha value is -2.22. The van der Waals surface area contributed by atoms with E-state index in [0.29, 0.717) is 16.3 Å². The van der Waals surface area contributed by atoms with Gasteiger partial charge < -0.3 is 9.84 Å². The average molecular weight is 389 g/mol. The van der Waals surface area contributed by atoms with Gasteiger partial charge in [0.05, 0.1) is 17.7 Å². The normalized spacial score (nSPS) is 14.0. The van der Waals surface area contributed by atoms with E-state index in [1.165, 1.54) is 17.6 Å². The molecule has 1 N–H and O–H groups in total. The molecule has 1 atom stereocenters. The van der Waals surface area contributed by atoms with Crippen molar-refractivity contribution in [3.8, 4) is 17.0 Å². The Morgan fingerprint density at radius 1 is 1.08 bits per heavy atom. The van der Waals surface area contributed by atoms with Crippen molar-refractivity contribution in [3.63, 3.8) is 0 Å². The number of sulfone groups is 1.